The van der Waals surface area contributed by atoms with Crippen LogP contribution < -0.4 is 10.2 Å². The van der Waals surface area contributed by atoms with Gasteiger partial charge < -0.3 is 10.2 Å². The van der Waals surface area contributed by atoms with Crippen LogP contribution in [0.1, 0.15) is 38.3 Å². The second-order valence-corrected chi connectivity index (χ2v) is 8.10. The molecule has 0 radical (unpaired) electrons. The van der Waals surface area contributed by atoms with Gasteiger partial charge in [0.25, 0.3) is 0 Å². The van der Waals surface area contributed by atoms with Crippen LogP contribution in [0.4, 0.5) is 5.69 Å². The topological polar surface area (TPSA) is 49.4 Å². The van der Waals surface area contributed by atoms with Crippen molar-refractivity contribution in [3.05, 3.63) is 65.7 Å². The zero-order valence-electron chi connectivity index (χ0n) is 15.9. The number of nitrogens with one attached hydrogen (secondary N) is 1. The Bertz CT molecular complexity index is 824. The van der Waals surface area contributed by atoms with Crippen molar-refractivity contribution in [3.8, 4) is 0 Å². The maximum absolute atomic E-state index is 13.3. The van der Waals surface area contributed by atoms with Crippen LogP contribution in [0.5, 0.6) is 0 Å². The Morgan fingerprint density at radius 3 is 2.31 bits per heavy atom. The molecule has 0 fully saturated rings. The lowest BCUT2D eigenvalue weighted by Gasteiger charge is -2.30. The number of anilines is 1. The highest BCUT2D eigenvalue weighted by atomic mass is 16.2. The van der Waals surface area contributed by atoms with Crippen LogP contribution in [0.2, 0.25) is 0 Å². The average Bonchev–Trinajstić information content (AvgIpc) is 2.77. The number of carbonyl (C=O) groups excluding carboxylic acids is 2. The number of carbonyl (C=O) groups is 2. The first-order valence-corrected chi connectivity index (χ1v) is 8.95. The average molecular weight is 350 g/mol. The summed E-state index contributed by atoms with van der Waals surface area (Å²) in [5.74, 6) is -0.126. The van der Waals surface area contributed by atoms with E-state index in [4.69, 9.17) is 0 Å². The molecule has 2 aromatic carbocycles. The molecule has 0 saturated heterocycles. The smallest absolute Gasteiger partial charge is 0.238 e. The number of hydrogen-bond donors (Lipinski definition) is 1. The fourth-order valence-corrected chi connectivity index (χ4v) is 3.80. The van der Waals surface area contributed by atoms with Gasteiger partial charge in [0, 0.05) is 24.7 Å². The van der Waals surface area contributed by atoms with Crippen LogP contribution in [0.25, 0.3) is 0 Å². The molecular weight excluding hydrogens is 324 g/mol. The lowest BCUT2D eigenvalue weighted by atomic mass is 9.73. The van der Waals surface area contributed by atoms with Gasteiger partial charge in [-0.3, -0.25) is 9.59 Å². The van der Waals surface area contributed by atoms with Crippen LogP contribution in [-0.4, -0.2) is 24.4 Å². The van der Waals surface area contributed by atoms with E-state index in [0.717, 1.165) is 16.8 Å². The second kappa shape index (κ2) is 6.60. The normalized spacial score (nSPS) is 19.4. The van der Waals surface area contributed by atoms with Gasteiger partial charge in [0.15, 0.2) is 0 Å². The Hall–Kier alpha value is -2.62. The van der Waals surface area contributed by atoms with E-state index in [1.165, 1.54) is 0 Å². The molecule has 0 saturated carbocycles. The highest BCUT2D eigenvalue weighted by molar-refractivity contribution is 6.10. The summed E-state index contributed by atoms with van der Waals surface area (Å²) in [5, 5.41) is 3.01. The van der Waals surface area contributed by atoms with Gasteiger partial charge >= 0.3 is 0 Å². The van der Waals surface area contributed by atoms with Gasteiger partial charge in [0.05, 0.1) is 5.41 Å². The minimum Gasteiger partial charge on any atom is -0.351 e. The van der Waals surface area contributed by atoms with Gasteiger partial charge in [0.1, 0.15) is 0 Å². The molecule has 0 aliphatic carbocycles. The van der Waals surface area contributed by atoms with Gasteiger partial charge in [-0.05, 0) is 44.4 Å². The predicted octanol–water partition coefficient (Wildman–Crippen LogP) is 3.45. The van der Waals surface area contributed by atoms with E-state index >= 15 is 0 Å². The fraction of sp³-hybridized carbons (Fsp3) is 0.364. The van der Waals surface area contributed by atoms with Crippen LogP contribution in [0.3, 0.4) is 0 Å². The monoisotopic (exact) mass is 350 g/mol. The molecule has 3 rings (SSSR count). The highest BCUT2D eigenvalue weighted by Gasteiger charge is 2.50. The maximum atomic E-state index is 13.3. The van der Waals surface area contributed by atoms with Crippen molar-refractivity contribution in [1.82, 2.24) is 5.32 Å². The quantitative estimate of drug-likeness (QED) is 0.918. The number of rotatable bonds is 4. The first kappa shape index (κ1) is 18.2. The summed E-state index contributed by atoms with van der Waals surface area (Å²) >= 11 is 0. The number of amides is 2. The Balaban J connectivity index is 2.05. The Labute approximate surface area is 155 Å². The molecule has 4 heteroatoms. The molecule has 1 aliphatic heterocycles. The van der Waals surface area contributed by atoms with Crippen molar-refractivity contribution in [3.63, 3.8) is 0 Å². The molecule has 0 aromatic heterocycles. The molecular formula is C22H26N2O2. The fourth-order valence-electron chi connectivity index (χ4n) is 3.80. The molecule has 26 heavy (non-hydrogen) atoms. The van der Waals surface area contributed by atoms with Crippen LogP contribution >= 0.6 is 0 Å². The molecule has 1 aliphatic rings. The molecule has 0 spiro atoms. The first-order valence-electron chi connectivity index (χ1n) is 8.95. The third kappa shape index (κ3) is 3.36. The van der Waals surface area contributed by atoms with E-state index in [9.17, 15) is 9.59 Å². The van der Waals surface area contributed by atoms with E-state index in [1.807, 2.05) is 75.4 Å². The molecule has 4 nitrogen and oxygen atoms in total. The number of likely N-dealkylation sites (N-methyl/N-ethyl adjacent to an activating group) is 1. The van der Waals surface area contributed by atoms with Crippen molar-refractivity contribution in [2.24, 2.45) is 0 Å². The van der Waals surface area contributed by atoms with Crippen LogP contribution in [0.15, 0.2) is 54.6 Å². The summed E-state index contributed by atoms with van der Waals surface area (Å²) in [7, 11) is 1.79. The minimum absolute atomic E-state index is 0.0217. The highest BCUT2D eigenvalue weighted by Crippen LogP contribution is 2.45. The van der Waals surface area contributed by atoms with Crippen molar-refractivity contribution in [2.75, 3.05) is 11.9 Å². The summed E-state index contributed by atoms with van der Waals surface area (Å²) in [4.78, 5) is 27.8. The van der Waals surface area contributed by atoms with Gasteiger partial charge in [-0.25, -0.2) is 0 Å². The Morgan fingerprint density at radius 1 is 1.04 bits per heavy atom. The number of para-hydroxylation sites is 1. The standard InChI is InChI=1S/C22H26N2O2/c1-21(2,3)23-19(25)15-22(14-16-10-6-5-7-11-16)17-12-8-9-13-18(17)24(4)20(22)26/h5-13H,14-15H2,1-4H3,(H,23,25)/t22-/m1/s1. The van der Waals surface area contributed by atoms with Gasteiger partial charge in [-0.15, -0.1) is 0 Å². The molecule has 136 valence electrons. The number of fused-ring (bicyclic) bond motifs is 1. The Morgan fingerprint density at radius 2 is 1.65 bits per heavy atom. The zero-order valence-corrected chi connectivity index (χ0v) is 15.9. The van der Waals surface area contributed by atoms with Gasteiger partial charge in [-0.1, -0.05) is 48.5 Å². The van der Waals surface area contributed by atoms with E-state index in [2.05, 4.69) is 5.32 Å². The van der Waals surface area contributed by atoms with Crippen molar-refractivity contribution < 1.29 is 9.59 Å². The molecule has 1 heterocycles. The second-order valence-electron chi connectivity index (χ2n) is 8.10. The molecule has 0 unspecified atom stereocenters. The Kier molecular flexibility index (Phi) is 4.61. The molecule has 1 N–H and O–H groups in total. The molecule has 0 bridgehead atoms. The van der Waals surface area contributed by atoms with E-state index in [0.29, 0.717) is 6.42 Å². The third-order valence-corrected chi connectivity index (χ3v) is 4.82. The van der Waals surface area contributed by atoms with Crippen molar-refractivity contribution in [2.45, 2.75) is 44.6 Å². The van der Waals surface area contributed by atoms with Gasteiger partial charge in [-0.2, -0.15) is 0 Å². The largest absolute Gasteiger partial charge is 0.351 e. The number of benzene rings is 2. The SMILES string of the molecule is CN1C(=O)[C@@](CC(=O)NC(C)(C)C)(Cc2ccccc2)c2ccccc21. The molecule has 2 amide bonds. The lowest BCUT2D eigenvalue weighted by molar-refractivity contribution is -0.130. The maximum Gasteiger partial charge on any atom is 0.238 e. The minimum atomic E-state index is -0.873. The van der Waals surface area contributed by atoms with Crippen molar-refractivity contribution >= 4 is 17.5 Å². The van der Waals surface area contributed by atoms with E-state index < -0.39 is 5.41 Å². The summed E-state index contributed by atoms with van der Waals surface area (Å²) in [6.07, 6.45) is 0.644. The summed E-state index contributed by atoms with van der Waals surface area (Å²) in [6.45, 7) is 5.85. The molecule has 2 aromatic rings. The van der Waals surface area contributed by atoms with Crippen molar-refractivity contribution in [1.29, 1.82) is 0 Å². The van der Waals surface area contributed by atoms with Crippen LogP contribution in [-0.2, 0) is 21.4 Å². The summed E-state index contributed by atoms with van der Waals surface area (Å²) in [6, 6.07) is 17.7. The third-order valence-electron chi connectivity index (χ3n) is 4.82. The van der Waals surface area contributed by atoms with E-state index in [-0.39, 0.29) is 23.8 Å². The number of hydrogen-bond acceptors (Lipinski definition) is 2. The number of nitrogens with zero attached hydrogens (tertiary/aromatic N) is 1. The van der Waals surface area contributed by atoms with Crippen LogP contribution in [0, 0.1) is 0 Å². The lowest BCUT2D eigenvalue weighted by Crippen LogP contribution is -2.48. The first-order chi connectivity index (χ1) is 12.2. The molecule has 1 atom stereocenters. The van der Waals surface area contributed by atoms with E-state index in [1.54, 1.807) is 11.9 Å². The summed E-state index contributed by atoms with van der Waals surface area (Å²) in [5.41, 5.74) is 1.66. The predicted molar refractivity (Wildman–Crippen MR) is 104 cm³/mol. The summed E-state index contributed by atoms with van der Waals surface area (Å²) < 4.78 is 0. The van der Waals surface area contributed by atoms with Gasteiger partial charge in [0.2, 0.25) is 11.8 Å². The zero-order chi connectivity index (χ0) is 18.9.